The smallest absolute Gasteiger partial charge is 0.322 e. The average Bonchev–Trinajstić information content (AvgIpc) is 3.07. The molecule has 3 aromatic rings. The molecule has 0 aliphatic rings. The highest BCUT2D eigenvalue weighted by molar-refractivity contribution is 6.04. The normalized spacial score (nSPS) is 11.1. The van der Waals surface area contributed by atoms with Crippen LogP contribution in [0.25, 0.3) is 5.69 Å². The monoisotopic (exact) mass is 374 g/mol. The standard InChI is InChI=1S/C18H10F4N4O/c19-15-4-2-1-3-14(15)17(27)24-11-5-7-12(8-6-11)26-13(10-23)9-16(25-26)18(20,21)22/h1-9H,(H,24,27). The van der Waals surface area contributed by atoms with Crippen molar-refractivity contribution >= 4 is 11.6 Å². The molecule has 0 atom stereocenters. The van der Waals surface area contributed by atoms with Crippen LogP contribution < -0.4 is 5.32 Å². The van der Waals surface area contributed by atoms with E-state index in [2.05, 4.69) is 10.4 Å². The second-order valence-electron chi connectivity index (χ2n) is 5.42. The van der Waals surface area contributed by atoms with Crippen LogP contribution in [0.5, 0.6) is 0 Å². The van der Waals surface area contributed by atoms with E-state index in [4.69, 9.17) is 5.26 Å². The fourth-order valence-corrected chi connectivity index (χ4v) is 2.33. The second-order valence-corrected chi connectivity index (χ2v) is 5.42. The minimum atomic E-state index is -4.68. The molecule has 5 nitrogen and oxygen atoms in total. The Morgan fingerprint density at radius 2 is 1.78 bits per heavy atom. The first-order valence-corrected chi connectivity index (χ1v) is 7.53. The fraction of sp³-hybridized carbons (Fsp3) is 0.0556. The summed E-state index contributed by atoms with van der Waals surface area (Å²) in [6.07, 6.45) is -4.68. The number of alkyl halides is 3. The highest BCUT2D eigenvalue weighted by Gasteiger charge is 2.35. The molecular weight excluding hydrogens is 364 g/mol. The number of nitrogens with zero attached hydrogens (tertiary/aromatic N) is 3. The number of benzene rings is 2. The van der Waals surface area contributed by atoms with Gasteiger partial charge in [-0.15, -0.1) is 0 Å². The number of amides is 1. The van der Waals surface area contributed by atoms with Crippen molar-refractivity contribution in [2.45, 2.75) is 6.18 Å². The van der Waals surface area contributed by atoms with Gasteiger partial charge < -0.3 is 5.32 Å². The highest BCUT2D eigenvalue weighted by atomic mass is 19.4. The number of halogens is 4. The van der Waals surface area contributed by atoms with Crippen LogP contribution in [-0.2, 0) is 6.18 Å². The third-order valence-corrected chi connectivity index (χ3v) is 3.60. The number of hydrogen-bond donors (Lipinski definition) is 1. The van der Waals surface area contributed by atoms with Gasteiger partial charge in [-0.1, -0.05) is 12.1 Å². The van der Waals surface area contributed by atoms with E-state index in [1.807, 2.05) is 0 Å². The molecule has 1 heterocycles. The Bertz CT molecular complexity index is 1030. The van der Waals surface area contributed by atoms with Crippen LogP contribution in [0, 0.1) is 17.1 Å². The van der Waals surface area contributed by atoms with Gasteiger partial charge in [-0.25, -0.2) is 9.07 Å². The first-order valence-electron chi connectivity index (χ1n) is 7.53. The molecule has 1 aromatic heterocycles. The van der Waals surface area contributed by atoms with E-state index in [1.165, 1.54) is 42.5 Å². The summed E-state index contributed by atoms with van der Waals surface area (Å²) in [4.78, 5) is 12.1. The van der Waals surface area contributed by atoms with Gasteiger partial charge in [0.1, 0.15) is 17.6 Å². The van der Waals surface area contributed by atoms with E-state index >= 15 is 0 Å². The number of nitriles is 1. The highest BCUT2D eigenvalue weighted by Crippen LogP contribution is 2.29. The number of hydrogen-bond acceptors (Lipinski definition) is 3. The van der Waals surface area contributed by atoms with Gasteiger partial charge in [0.25, 0.3) is 5.91 Å². The lowest BCUT2D eigenvalue weighted by molar-refractivity contribution is -0.141. The lowest BCUT2D eigenvalue weighted by atomic mass is 10.2. The summed E-state index contributed by atoms with van der Waals surface area (Å²) in [7, 11) is 0. The molecular formula is C18H10F4N4O. The van der Waals surface area contributed by atoms with Gasteiger partial charge in [0.15, 0.2) is 5.69 Å². The third-order valence-electron chi connectivity index (χ3n) is 3.60. The van der Waals surface area contributed by atoms with E-state index < -0.39 is 23.6 Å². The zero-order valence-electron chi connectivity index (χ0n) is 13.5. The van der Waals surface area contributed by atoms with Crippen LogP contribution >= 0.6 is 0 Å². The van der Waals surface area contributed by atoms with Crippen molar-refractivity contribution in [1.82, 2.24) is 9.78 Å². The summed E-state index contributed by atoms with van der Waals surface area (Å²) in [5, 5.41) is 14.9. The Kier molecular flexibility index (Phi) is 4.64. The lowest BCUT2D eigenvalue weighted by Crippen LogP contribution is -2.13. The zero-order chi connectivity index (χ0) is 19.6. The SMILES string of the molecule is N#Cc1cc(C(F)(F)F)nn1-c1ccc(NC(=O)c2ccccc2F)cc1. The fourth-order valence-electron chi connectivity index (χ4n) is 2.33. The van der Waals surface area contributed by atoms with E-state index in [0.29, 0.717) is 11.8 Å². The largest absolute Gasteiger partial charge is 0.435 e. The number of aromatic nitrogens is 2. The van der Waals surface area contributed by atoms with Crippen molar-refractivity contribution in [2.75, 3.05) is 5.32 Å². The summed E-state index contributed by atoms with van der Waals surface area (Å²) in [5.41, 5.74) is -1.11. The van der Waals surface area contributed by atoms with E-state index in [1.54, 1.807) is 6.07 Å². The van der Waals surface area contributed by atoms with Gasteiger partial charge in [-0.05, 0) is 36.4 Å². The van der Waals surface area contributed by atoms with Crippen LogP contribution in [0.1, 0.15) is 21.7 Å². The van der Waals surface area contributed by atoms with Gasteiger partial charge in [0.2, 0.25) is 0 Å². The molecule has 0 aliphatic carbocycles. The Morgan fingerprint density at radius 3 is 2.37 bits per heavy atom. The maximum absolute atomic E-state index is 13.6. The Labute approximate surface area is 150 Å². The number of nitrogens with one attached hydrogen (secondary N) is 1. The topological polar surface area (TPSA) is 70.7 Å². The number of carbonyl (C=O) groups is 1. The van der Waals surface area contributed by atoms with Crippen LogP contribution in [0.2, 0.25) is 0 Å². The predicted molar refractivity (Wildman–Crippen MR) is 87.6 cm³/mol. The maximum Gasteiger partial charge on any atom is 0.435 e. The molecule has 136 valence electrons. The van der Waals surface area contributed by atoms with Crippen molar-refractivity contribution in [3.8, 4) is 11.8 Å². The molecule has 9 heteroatoms. The summed E-state index contributed by atoms with van der Waals surface area (Å²) in [5.74, 6) is -1.35. The maximum atomic E-state index is 13.6. The molecule has 0 aliphatic heterocycles. The van der Waals surface area contributed by atoms with E-state index in [0.717, 1.165) is 10.7 Å². The van der Waals surface area contributed by atoms with Crippen LogP contribution in [0.15, 0.2) is 54.6 Å². The molecule has 1 amide bonds. The predicted octanol–water partition coefficient (Wildman–Crippen LogP) is 4.15. The molecule has 0 spiro atoms. The summed E-state index contributed by atoms with van der Waals surface area (Å²) in [6, 6.07) is 13.3. The number of anilines is 1. The van der Waals surface area contributed by atoms with Crippen LogP contribution in [0.3, 0.4) is 0 Å². The molecule has 3 rings (SSSR count). The minimum absolute atomic E-state index is 0.143. The molecule has 0 bridgehead atoms. The van der Waals surface area contributed by atoms with Crippen LogP contribution in [-0.4, -0.2) is 15.7 Å². The zero-order valence-corrected chi connectivity index (χ0v) is 13.5. The first-order chi connectivity index (χ1) is 12.8. The Morgan fingerprint density at radius 1 is 1.11 bits per heavy atom. The third kappa shape index (κ3) is 3.79. The number of carbonyl (C=O) groups excluding carboxylic acids is 1. The van der Waals surface area contributed by atoms with Gasteiger partial charge in [0, 0.05) is 11.8 Å². The molecule has 0 saturated heterocycles. The molecule has 2 aromatic carbocycles. The summed E-state index contributed by atoms with van der Waals surface area (Å²) >= 11 is 0. The molecule has 0 unspecified atom stereocenters. The molecule has 0 fully saturated rings. The van der Waals surface area contributed by atoms with E-state index in [9.17, 15) is 22.4 Å². The van der Waals surface area contributed by atoms with Gasteiger partial charge in [-0.2, -0.15) is 23.5 Å². The van der Waals surface area contributed by atoms with Crippen molar-refractivity contribution in [2.24, 2.45) is 0 Å². The first kappa shape index (κ1) is 18.1. The van der Waals surface area contributed by atoms with Crippen molar-refractivity contribution < 1.29 is 22.4 Å². The summed E-state index contributed by atoms with van der Waals surface area (Å²) in [6.45, 7) is 0. The average molecular weight is 374 g/mol. The summed E-state index contributed by atoms with van der Waals surface area (Å²) < 4.78 is 52.8. The quantitative estimate of drug-likeness (QED) is 0.700. The van der Waals surface area contributed by atoms with Crippen molar-refractivity contribution in [3.05, 3.63) is 77.4 Å². The lowest BCUT2D eigenvalue weighted by Gasteiger charge is -2.08. The van der Waals surface area contributed by atoms with Crippen molar-refractivity contribution in [1.29, 1.82) is 5.26 Å². The molecule has 27 heavy (non-hydrogen) atoms. The minimum Gasteiger partial charge on any atom is -0.322 e. The molecule has 0 saturated carbocycles. The second kappa shape index (κ2) is 6.92. The van der Waals surface area contributed by atoms with Gasteiger partial charge in [-0.3, -0.25) is 4.79 Å². The molecule has 1 N–H and O–H groups in total. The Balaban J connectivity index is 1.84. The van der Waals surface area contributed by atoms with E-state index in [-0.39, 0.29) is 16.9 Å². The van der Waals surface area contributed by atoms with Gasteiger partial charge in [0.05, 0.1) is 11.3 Å². The Hall–Kier alpha value is -3.67. The van der Waals surface area contributed by atoms with Crippen LogP contribution in [0.4, 0.5) is 23.2 Å². The van der Waals surface area contributed by atoms with Crippen molar-refractivity contribution in [3.63, 3.8) is 0 Å². The number of rotatable bonds is 3. The molecule has 0 radical (unpaired) electrons. The van der Waals surface area contributed by atoms with Gasteiger partial charge >= 0.3 is 6.18 Å².